The first-order valence-corrected chi connectivity index (χ1v) is 5.98. The second-order valence-electron chi connectivity index (χ2n) is 3.09. The van der Waals surface area contributed by atoms with Crippen LogP contribution in [0.15, 0.2) is 23.1 Å². The molecule has 17 heavy (non-hydrogen) atoms. The second kappa shape index (κ2) is 4.90. The second-order valence-corrected chi connectivity index (χ2v) is 4.98. The molecule has 0 unspecified atom stereocenters. The third-order valence-corrected chi connectivity index (χ3v) is 3.51. The summed E-state index contributed by atoms with van der Waals surface area (Å²) in [5.74, 6) is 0. The van der Waals surface area contributed by atoms with Gasteiger partial charge in [0.05, 0.1) is 22.3 Å². The smallest absolute Gasteiger partial charge is 0.258 e. The molecule has 0 aliphatic heterocycles. The summed E-state index contributed by atoms with van der Waals surface area (Å²) in [6.45, 7) is 0. The van der Waals surface area contributed by atoms with Gasteiger partial charge in [-0.25, -0.2) is 13.1 Å². The Balaban J connectivity index is 3.39. The van der Waals surface area contributed by atoms with Gasteiger partial charge in [-0.1, -0.05) is 0 Å². The van der Waals surface area contributed by atoms with Crippen LogP contribution in [0, 0.1) is 21.4 Å². The fourth-order valence-corrected chi connectivity index (χ4v) is 1.98. The fraction of sp³-hybridized carbons (Fsp3) is 0.222. The van der Waals surface area contributed by atoms with Gasteiger partial charge in [0, 0.05) is 11.6 Å². The third kappa shape index (κ3) is 2.77. The quantitative estimate of drug-likeness (QED) is 0.624. The lowest BCUT2D eigenvalue weighted by molar-refractivity contribution is -0.385. The van der Waals surface area contributed by atoms with Gasteiger partial charge in [-0.05, 0) is 19.2 Å². The molecule has 0 aliphatic rings. The first-order valence-electron chi connectivity index (χ1n) is 4.50. The molecule has 0 saturated heterocycles. The Kier molecular flexibility index (Phi) is 3.77. The molecular weight excluding hydrogens is 246 g/mol. The van der Waals surface area contributed by atoms with E-state index in [1.807, 2.05) is 0 Å². The summed E-state index contributed by atoms with van der Waals surface area (Å²) in [5.41, 5.74) is -0.185. The van der Waals surface area contributed by atoms with E-state index in [1.54, 1.807) is 6.07 Å². The molecule has 8 heteroatoms. The summed E-state index contributed by atoms with van der Waals surface area (Å²) in [4.78, 5) is 9.84. The Morgan fingerprint density at radius 3 is 2.65 bits per heavy atom. The van der Waals surface area contributed by atoms with E-state index in [1.165, 1.54) is 19.2 Å². The van der Waals surface area contributed by atoms with Crippen molar-refractivity contribution in [3.05, 3.63) is 33.9 Å². The molecule has 0 bridgehead atoms. The maximum atomic E-state index is 11.4. The van der Waals surface area contributed by atoms with Crippen LogP contribution in [0.25, 0.3) is 0 Å². The number of nitrogens with one attached hydrogen (secondary N) is 1. The number of nitriles is 1. The van der Waals surface area contributed by atoms with Crippen LogP contribution in [-0.4, -0.2) is 20.4 Å². The molecule has 0 saturated carbocycles. The number of sulfonamides is 1. The van der Waals surface area contributed by atoms with Gasteiger partial charge in [-0.2, -0.15) is 5.26 Å². The Morgan fingerprint density at radius 2 is 2.18 bits per heavy atom. The zero-order valence-corrected chi connectivity index (χ0v) is 9.69. The van der Waals surface area contributed by atoms with Gasteiger partial charge >= 0.3 is 0 Å². The minimum atomic E-state index is -3.72. The van der Waals surface area contributed by atoms with Gasteiger partial charge in [0.25, 0.3) is 5.69 Å². The van der Waals surface area contributed by atoms with Gasteiger partial charge in [0.15, 0.2) is 0 Å². The zero-order chi connectivity index (χ0) is 13.1. The monoisotopic (exact) mass is 255 g/mol. The van der Waals surface area contributed by atoms with E-state index in [4.69, 9.17) is 5.26 Å². The topological polar surface area (TPSA) is 113 Å². The van der Waals surface area contributed by atoms with Crippen molar-refractivity contribution in [2.45, 2.75) is 11.3 Å². The van der Waals surface area contributed by atoms with Crippen molar-refractivity contribution in [3.63, 3.8) is 0 Å². The summed E-state index contributed by atoms with van der Waals surface area (Å²) in [6.07, 6.45) is -0.143. The Morgan fingerprint density at radius 1 is 1.53 bits per heavy atom. The van der Waals surface area contributed by atoms with Crippen LogP contribution in [0.1, 0.15) is 5.56 Å². The SMILES string of the molecule is CNS(=O)(=O)c1ccc(CC#N)c([N+](=O)[O-])c1. The molecule has 0 radical (unpaired) electrons. The number of hydrogen-bond donors (Lipinski definition) is 1. The number of hydrogen-bond acceptors (Lipinski definition) is 5. The van der Waals surface area contributed by atoms with Crippen molar-refractivity contribution in [1.82, 2.24) is 4.72 Å². The molecule has 0 fully saturated rings. The van der Waals surface area contributed by atoms with Crippen molar-refractivity contribution in [1.29, 1.82) is 5.26 Å². The predicted octanol–water partition coefficient (Wildman–Crippen LogP) is 0.569. The Bertz CT molecular complexity index is 589. The highest BCUT2D eigenvalue weighted by Crippen LogP contribution is 2.23. The van der Waals surface area contributed by atoms with Crippen LogP contribution in [0.4, 0.5) is 5.69 Å². The molecule has 0 amide bonds. The van der Waals surface area contributed by atoms with E-state index in [0.29, 0.717) is 0 Å². The molecule has 0 atom stereocenters. The first-order chi connectivity index (χ1) is 7.92. The number of nitrogens with zero attached hydrogens (tertiary/aromatic N) is 2. The highest BCUT2D eigenvalue weighted by atomic mass is 32.2. The average Bonchev–Trinajstić information content (AvgIpc) is 2.29. The van der Waals surface area contributed by atoms with E-state index in [-0.39, 0.29) is 22.6 Å². The van der Waals surface area contributed by atoms with Crippen molar-refractivity contribution in [2.24, 2.45) is 0 Å². The fourth-order valence-electron chi connectivity index (χ4n) is 1.23. The number of nitro groups is 1. The van der Waals surface area contributed by atoms with E-state index in [9.17, 15) is 18.5 Å². The molecule has 1 rings (SSSR count). The molecule has 1 aromatic rings. The lowest BCUT2D eigenvalue weighted by atomic mass is 10.1. The molecule has 0 heterocycles. The minimum Gasteiger partial charge on any atom is -0.258 e. The predicted molar refractivity (Wildman–Crippen MR) is 58.7 cm³/mol. The van der Waals surface area contributed by atoms with Crippen molar-refractivity contribution < 1.29 is 13.3 Å². The maximum Gasteiger partial charge on any atom is 0.274 e. The third-order valence-electron chi connectivity index (χ3n) is 2.10. The van der Waals surface area contributed by atoms with Gasteiger partial charge in [-0.3, -0.25) is 10.1 Å². The standard InChI is InChI=1S/C9H9N3O4S/c1-11-17(15,16)8-3-2-7(4-5-10)9(6-8)12(13)14/h2-3,6,11H,4H2,1H3. The van der Waals surface area contributed by atoms with Gasteiger partial charge in [-0.15, -0.1) is 0 Å². The van der Waals surface area contributed by atoms with Gasteiger partial charge < -0.3 is 0 Å². The van der Waals surface area contributed by atoms with Crippen LogP contribution in [0.3, 0.4) is 0 Å². The highest BCUT2D eigenvalue weighted by Gasteiger charge is 2.19. The molecule has 90 valence electrons. The molecule has 0 aromatic heterocycles. The van der Waals surface area contributed by atoms with Crippen LogP contribution in [-0.2, 0) is 16.4 Å². The maximum absolute atomic E-state index is 11.4. The lowest BCUT2D eigenvalue weighted by Gasteiger charge is -2.04. The van der Waals surface area contributed by atoms with Crippen LogP contribution in [0.5, 0.6) is 0 Å². The lowest BCUT2D eigenvalue weighted by Crippen LogP contribution is -2.18. The van der Waals surface area contributed by atoms with Crippen molar-refractivity contribution >= 4 is 15.7 Å². The van der Waals surface area contributed by atoms with Crippen molar-refractivity contribution in [2.75, 3.05) is 7.05 Å². The summed E-state index contributed by atoms with van der Waals surface area (Å²) < 4.78 is 25.0. The van der Waals surface area contributed by atoms with Gasteiger partial charge in [0.1, 0.15) is 0 Å². The summed E-state index contributed by atoms with van der Waals surface area (Å²) >= 11 is 0. The van der Waals surface area contributed by atoms with E-state index < -0.39 is 14.9 Å². The molecule has 0 spiro atoms. The largest absolute Gasteiger partial charge is 0.274 e. The summed E-state index contributed by atoms with van der Waals surface area (Å²) in [5, 5.41) is 19.2. The van der Waals surface area contributed by atoms with Crippen molar-refractivity contribution in [3.8, 4) is 6.07 Å². The normalized spacial score (nSPS) is 10.8. The Labute approximate surface area is 97.9 Å². The molecular formula is C9H9N3O4S. The summed E-state index contributed by atoms with van der Waals surface area (Å²) in [7, 11) is -2.51. The van der Waals surface area contributed by atoms with Crippen LogP contribution in [0.2, 0.25) is 0 Å². The number of rotatable bonds is 4. The molecule has 7 nitrogen and oxygen atoms in total. The highest BCUT2D eigenvalue weighted by molar-refractivity contribution is 7.89. The van der Waals surface area contributed by atoms with Crippen LogP contribution >= 0.6 is 0 Å². The molecule has 0 aliphatic carbocycles. The zero-order valence-electron chi connectivity index (χ0n) is 8.87. The summed E-state index contributed by atoms with van der Waals surface area (Å²) in [6, 6.07) is 5.22. The number of nitro benzene ring substituents is 1. The van der Waals surface area contributed by atoms with E-state index in [0.717, 1.165) is 6.07 Å². The number of benzene rings is 1. The van der Waals surface area contributed by atoms with E-state index in [2.05, 4.69) is 4.72 Å². The van der Waals surface area contributed by atoms with E-state index >= 15 is 0 Å². The van der Waals surface area contributed by atoms with Crippen LogP contribution < -0.4 is 4.72 Å². The van der Waals surface area contributed by atoms with Gasteiger partial charge in [0.2, 0.25) is 10.0 Å². The first kappa shape index (κ1) is 13.1. The average molecular weight is 255 g/mol. The Hall–Kier alpha value is -1.98. The molecule has 1 N–H and O–H groups in total. The minimum absolute atomic E-state index is 0.143. The molecule has 1 aromatic carbocycles.